The molecule has 3 aromatic rings. The van der Waals surface area contributed by atoms with Crippen LogP contribution in [0.1, 0.15) is 17.9 Å². The Hall–Kier alpha value is -3.20. The fourth-order valence-corrected chi connectivity index (χ4v) is 3.09. The first-order valence-electron chi connectivity index (χ1n) is 9.05. The summed E-state index contributed by atoms with van der Waals surface area (Å²) in [5.41, 5.74) is 2.92. The number of hydrogen-bond acceptors (Lipinski definition) is 8. The van der Waals surface area contributed by atoms with Gasteiger partial charge < -0.3 is 19.5 Å². The summed E-state index contributed by atoms with van der Waals surface area (Å²) < 4.78 is 10.1. The number of ether oxygens (including phenoxy) is 1. The van der Waals surface area contributed by atoms with Gasteiger partial charge >= 0.3 is 5.97 Å². The third kappa shape index (κ3) is 6.15. The number of aryl methyl sites for hydroxylation is 1. The number of nitrogens with one attached hydrogen (secondary N) is 1. The van der Waals surface area contributed by atoms with Gasteiger partial charge in [-0.1, -0.05) is 17.3 Å². The molecule has 1 N–H and O–H groups in total. The largest absolute Gasteiger partial charge is 0.456 e. The molecule has 0 aliphatic carbocycles. The van der Waals surface area contributed by atoms with E-state index < -0.39 is 5.97 Å². The average Bonchev–Trinajstić information content (AvgIpc) is 3.41. The number of carbonyl (C=O) groups is 2. The minimum absolute atomic E-state index is 0.0601. The van der Waals surface area contributed by atoms with Gasteiger partial charge in [-0.2, -0.15) is 16.3 Å². The van der Waals surface area contributed by atoms with Crippen molar-refractivity contribution in [2.24, 2.45) is 0 Å². The number of anilines is 1. The number of aromatic nitrogens is 2. The van der Waals surface area contributed by atoms with Crippen molar-refractivity contribution in [1.82, 2.24) is 15.5 Å². The van der Waals surface area contributed by atoms with Gasteiger partial charge in [-0.3, -0.25) is 9.59 Å². The molecular formula is C20H22N4O4S. The molecule has 0 spiro atoms. The van der Waals surface area contributed by atoms with Crippen LogP contribution in [0.2, 0.25) is 0 Å². The predicted octanol–water partition coefficient (Wildman–Crippen LogP) is 2.66. The third-order valence-electron chi connectivity index (χ3n) is 4.10. The molecule has 0 fully saturated rings. The summed E-state index contributed by atoms with van der Waals surface area (Å²) in [6.07, 6.45) is 0.320. The summed E-state index contributed by atoms with van der Waals surface area (Å²) in [6.45, 7) is 0.0516. The molecule has 1 amide bonds. The van der Waals surface area contributed by atoms with E-state index in [2.05, 4.69) is 15.5 Å². The summed E-state index contributed by atoms with van der Waals surface area (Å²) in [5, 5.41) is 10.4. The highest BCUT2D eigenvalue weighted by atomic mass is 32.1. The Balaban J connectivity index is 1.35. The van der Waals surface area contributed by atoms with Gasteiger partial charge in [0.2, 0.25) is 11.7 Å². The van der Waals surface area contributed by atoms with Crippen molar-refractivity contribution in [3.63, 3.8) is 0 Å². The van der Waals surface area contributed by atoms with E-state index in [9.17, 15) is 9.59 Å². The fraction of sp³-hybridized carbons (Fsp3) is 0.300. The number of hydrogen-bond donors (Lipinski definition) is 1. The highest BCUT2D eigenvalue weighted by Gasteiger charge is 2.13. The average molecular weight is 414 g/mol. The first kappa shape index (κ1) is 20.5. The second-order valence-corrected chi connectivity index (χ2v) is 7.30. The first-order valence-corrected chi connectivity index (χ1v) is 9.99. The van der Waals surface area contributed by atoms with Crippen LogP contribution in [0.25, 0.3) is 11.4 Å². The van der Waals surface area contributed by atoms with Gasteiger partial charge in [0.15, 0.2) is 6.61 Å². The van der Waals surface area contributed by atoms with Crippen LogP contribution in [0, 0.1) is 0 Å². The number of benzene rings is 1. The number of rotatable bonds is 9. The van der Waals surface area contributed by atoms with E-state index in [1.807, 2.05) is 60.1 Å². The quantitative estimate of drug-likeness (QED) is 0.538. The van der Waals surface area contributed by atoms with Crippen LogP contribution in [0.4, 0.5) is 5.69 Å². The maximum atomic E-state index is 11.9. The van der Waals surface area contributed by atoms with E-state index in [4.69, 9.17) is 9.26 Å². The van der Waals surface area contributed by atoms with Gasteiger partial charge in [0, 0.05) is 43.7 Å². The van der Waals surface area contributed by atoms with E-state index >= 15 is 0 Å². The molecule has 0 aliphatic heterocycles. The monoisotopic (exact) mass is 414 g/mol. The van der Waals surface area contributed by atoms with Crippen molar-refractivity contribution in [3.05, 3.63) is 52.5 Å². The molecule has 0 unspecified atom stereocenters. The number of carbonyl (C=O) groups excluding carboxylic acids is 2. The summed E-state index contributed by atoms with van der Waals surface area (Å²) >= 11 is 1.54. The van der Waals surface area contributed by atoms with Crippen LogP contribution in [0.5, 0.6) is 0 Å². The highest BCUT2D eigenvalue weighted by molar-refractivity contribution is 7.08. The highest BCUT2D eigenvalue weighted by Crippen LogP contribution is 2.19. The molecule has 8 nitrogen and oxygen atoms in total. The van der Waals surface area contributed by atoms with Crippen molar-refractivity contribution in [2.45, 2.75) is 19.4 Å². The standard InChI is InChI=1S/C20H22N4O4S/c1-24(2)16-5-3-14(4-6-16)11-21-17(25)12-27-19(26)8-7-18-22-20(23-28-18)15-9-10-29-13-15/h3-6,9-10,13H,7-8,11-12H2,1-2H3,(H,21,25). The van der Waals surface area contributed by atoms with Crippen molar-refractivity contribution >= 4 is 28.9 Å². The van der Waals surface area contributed by atoms with Gasteiger partial charge in [-0.15, -0.1) is 0 Å². The summed E-state index contributed by atoms with van der Waals surface area (Å²) in [7, 11) is 3.93. The molecule has 0 aliphatic rings. The number of esters is 1. The topological polar surface area (TPSA) is 97.6 Å². The van der Waals surface area contributed by atoms with Crippen molar-refractivity contribution in [3.8, 4) is 11.4 Å². The number of nitrogens with zero attached hydrogens (tertiary/aromatic N) is 3. The Labute approximate surface area is 172 Å². The molecule has 0 radical (unpaired) electrons. The van der Waals surface area contributed by atoms with Crippen LogP contribution in [-0.4, -0.2) is 42.7 Å². The fourth-order valence-electron chi connectivity index (χ4n) is 2.46. The van der Waals surface area contributed by atoms with Gasteiger partial charge in [0.05, 0.1) is 6.42 Å². The summed E-state index contributed by atoms with van der Waals surface area (Å²) in [6, 6.07) is 9.72. The minimum atomic E-state index is -0.495. The van der Waals surface area contributed by atoms with E-state index in [0.29, 0.717) is 18.3 Å². The zero-order valence-electron chi connectivity index (χ0n) is 16.3. The van der Waals surface area contributed by atoms with Crippen LogP contribution in [-0.2, 0) is 27.3 Å². The molecule has 1 aromatic carbocycles. The normalized spacial score (nSPS) is 10.6. The lowest BCUT2D eigenvalue weighted by Crippen LogP contribution is -2.28. The molecule has 152 valence electrons. The van der Waals surface area contributed by atoms with Crippen molar-refractivity contribution in [2.75, 3.05) is 25.6 Å². The van der Waals surface area contributed by atoms with Crippen LogP contribution < -0.4 is 10.2 Å². The Kier molecular flexibility index (Phi) is 6.96. The zero-order valence-corrected chi connectivity index (χ0v) is 17.1. The Morgan fingerprint density at radius 3 is 2.69 bits per heavy atom. The second kappa shape index (κ2) is 9.83. The molecule has 0 atom stereocenters. The lowest BCUT2D eigenvalue weighted by Gasteiger charge is -2.13. The maximum absolute atomic E-state index is 11.9. The maximum Gasteiger partial charge on any atom is 0.306 e. The summed E-state index contributed by atoms with van der Waals surface area (Å²) in [5.74, 6) is -0.000258. The molecule has 0 bridgehead atoms. The van der Waals surface area contributed by atoms with Gasteiger partial charge in [-0.25, -0.2) is 0 Å². The minimum Gasteiger partial charge on any atom is -0.456 e. The zero-order chi connectivity index (χ0) is 20.6. The van der Waals surface area contributed by atoms with E-state index in [1.165, 1.54) is 11.3 Å². The molecular weight excluding hydrogens is 392 g/mol. The summed E-state index contributed by atoms with van der Waals surface area (Å²) in [4.78, 5) is 29.9. The molecule has 3 rings (SSSR count). The Morgan fingerprint density at radius 2 is 2.00 bits per heavy atom. The van der Waals surface area contributed by atoms with Gasteiger partial charge in [0.25, 0.3) is 5.91 Å². The Morgan fingerprint density at radius 1 is 1.21 bits per heavy atom. The third-order valence-corrected chi connectivity index (χ3v) is 4.78. The van der Waals surface area contributed by atoms with Crippen LogP contribution >= 0.6 is 11.3 Å². The Bertz CT molecular complexity index is 936. The lowest BCUT2D eigenvalue weighted by molar-refractivity contribution is -0.148. The molecule has 0 saturated carbocycles. The van der Waals surface area contributed by atoms with Gasteiger partial charge in [0.1, 0.15) is 0 Å². The second-order valence-electron chi connectivity index (χ2n) is 6.52. The van der Waals surface area contributed by atoms with Crippen molar-refractivity contribution < 1.29 is 18.8 Å². The van der Waals surface area contributed by atoms with E-state index in [0.717, 1.165) is 16.8 Å². The van der Waals surface area contributed by atoms with E-state index in [-0.39, 0.29) is 25.4 Å². The smallest absolute Gasteiger partial charge is 0.306 e. The first-order chi connectivity index (χ1) is 14.0. The molecule has 2 heterocycles. The van der Waals surface area contributed by atoms with Crippen LogP contribution in [0.15, 0.2) is 45.6 Å². The van der Waals surface area contributed by atoms with E-state index in [1.54, 1.807) is 0 Å². The molecule has 29 heavy (non-hydrogen) atoms. The van der Waals surface area contributed by atoms with Gasteiger partial charge in [-0.05, 0) is 29.1 Å². The number of thiophene rings is 1. The van der Waals surface area contributed by atoms with Crippen molar-refractivity contribution in [1.29, 1.82) is 0 Å². The molecule has 0 saturated heterocycles. The van der Waals surface area contributed by atoms with Crippen LogP contribution in [0.3, 0.4) is 0 Å². The predicted molar refractivity (Wildman–Crippen MR) is 110 cm³/mol. The number of amides is 1. The molecule has 9 heteroatoms. The molecule has 2 aromatic heterocycles. The SMILES string of the molecule is CN(C)c1ccc(CNC(=O)COC(=O)CCc2nc(-c3ccsc3)no2)cc1. The lowest BCUT2D eigenvalue weighted by atomic mass is 10.2.